The molecule has 0 atom stereocenters. The van der Waals surface area contributed by atoms with Crippen molar-refractivity contribution >= 4 is 147 Å². The summed E-state index contributed by atoms with van der Waals surface area (Å²) in [4.78, 5) is 20.3. The number of halogens is 8. The van der Waals surface area contributed by atoms with Gasteiger partial charge in [-0.15, -0.1) is 11.3 Å². The average Bonchev–Trinajstić information content (AvgIpc) is 1.57. The van der Waals surface area contributed by atoms with E-state index in [1.165, 1.54) is 83.4 Å². The molecule has 5 nitrogen and oxygen atoms in total. The predicted octanol–water partition coefficient (Wildman–Crippen LogP) is 35.0. The molecule has 13 aromatic rings. The van der Waals surface area contributed by atoms with Crippen LogP contribution in [0.5, 0.6) is 0 Å². The van der Waals surface area contributed by atoms with Gasteiger partial charge in [0.1, 0.15) is 0 Å². The molecule has 121 heavy (non-hydrogen) atoms. The third-order valence-electron chi connectivity index (χ3n) is 18.1. The third kappa shape index (κ3) is 45.7. The van der Waals surface area contributed by atoms with E-state index in [2.05, 4.69) is 287 Å². The van der Waals surface area contributed by atoms with Crippen LogP contribution < -0.4 is 0 Å². The molecule has 9 aromatic carbocycles. The van der Waals surface area contributed by atoms with Gasteiger partial charge < -0.3 is 4.90 Å². The van der Waals surface area contributed by atoms with Gasteiger partial charge in [0.2, 0.25) is 0 Å². The molecular weight excluding hydrogens is 1670 g/mol. The first kappa shape index (κ1) is 107. The lowest BCUT2D eigenvalue weighted by Crippen LogP contribution is -2.14. The van der Waals surface area contributed by atoms with E-state index in [1.807, 2.05) is 133 Å². The molecule has 0 saturated carbocycles. The number of nitrogens with zero attached hydrogens (tertiary/aromatic N) is 5. The molecule has 0 N–H and O–H groups in total. The highest BCUT2D eigenvalue weighted by Gasteiger charge is 2.11. The molecule has 0 bridgehead atoms. The van der Waals surface area contributed by atoms with Crippen molar-refractivity contribution in [2.75, 3.05) is 20.6 Å². The first-order valence-corrected chi connectivity index (χ1v) is 47.0. The summed E-state index contributed by atoms with van der Waals surface area (Å²) in [5.74, 6) is 6.83. The molecule has 0 saturated heterocycles. The average molecular weight is 1810 g/mol. The lowest BCUT2D eigenvalue weighted by Gasteiger charge is -2.10. The number of hydrogen-bond acceptors (Lipinski definition) is 6. The molecule has 0 amide bonds. The Hall–Kier alpha value is -6.62. The van der Waals surface area contributed by atoms with Crippen LogP contribution in [0, 0.1) is 59.2 Å². The van der Waals surface area contributed by atoms with E-state index in [4.69, 9.17) is 92.8 Å². The summed E-state index contributed by atoms with van der Waals surface area (Å²) in [7, 11) is 4.23. The molecule has 0 aliphatic heterocycles. The Bertz CT molecular complexity index is 4900. The van der Waals surface area contributed by atoms with Gasteiger partial charge in [0.15, 0.2) is 0 Å². The molecule has 0 spiro atoms. The number of fused-ring (bicyclic) bond motifs is 4. The van der Waals surface area contributed by atoms with Gasteiger partial charge in [0, 0.05) is 76.5 Å². The van der Waals surface area contributed by atoms with Crippen molar-refractivity contribution in [2.24, 2.45) is 59.2 Å². The molecule has 4 aromatic heterocycles. The van der Waals surface area contributed by atoms with E-state index >= 15 is 0 Å². The Labute approximate surface area is 774 Å². The summed E-state index contributed by atoms with van der Waals surface area (Å²) in [5.41, 5.74) is 13.3. The molecular formula is C107H137Cl8N5S. The smallest absolute Gasteiger partial charge is 0.0941 e. The predicted molar refractivity (Wildman–Crippen MR) is 542 cm³/mol. The van der Waals surface area contributed by atoms with Crippen LogP contribution in [0.25, 0.3) is 42.8 Å². The molecule has 0 unspecified atom stereocenters. The highest BCUT2D eigenvalue weighted by atomic mass is 35.5. The minimum Gasteiger partial charge on any atom is -0.309 e. The van der Waals surface area contributed by atoms with Gasteiger partial charge in [-0.25, -0.2) is 4.98 Å². The zero-order valence-electron chi connectivity index (χ0n) is 76.2. The molecule has 0 aliphatic rings. The van der Waals surface area contributed by atoms with Crippen molar-refractivity contribution in [2.45, 2.75) is 203 Å². The first-order valence-electron chi connectivity index (χ1n) is 43.1. The second-order valence-electron chi connectivity index (χ2n) is 35.4. The number of benzene rings is 9. The van der Waals surface area contributed by atoms with Crippen LogP contribution in [0.1, 0.15) is 195 Å². The van der Waals surface area contributed by atoms with Gasteiger partial charge in [-0.2, -0.15) is 0 Å². The standard InChI is InChI=1S/3C13H15N.C11H13NS.3C10H12Cl2.2C10H13Cl.C7H17N/c1-10(2)9-12-6-3-5-11-7-4-8-14-13(11)12;1-10(2)9-12-8-7-11-5-3-4-6-13(11)14-12;1-10(2)9-13-12-6-4-3-5-11(12)7-8-14-13;1-8(2)7-11-12-9-5-3-4-6-10(9)13-11;1-7(2)5-8-6-9(11)3-4-10(8)12;1-7(2)5-8-3-4-9(11)6-10(8)12;1-7(2)5-8-3-4-9(11)10(12)6-8;1-8(2)6-9-4-3-5-10(11)7-9;1-8(2)7-9-5-3-4-6-10(9)11;1-7(2)5-6-8(3)4/h3*3-8,10H,9H2,1-2H3;3-6,8H,7H2,1-2H3;3*3-4,6-7H,5H2,1-2H3;3-5,7-8H,6H2,1-2H3;3-6,8H,7H2,1-2H3;7H,5-6H2,1-4H3. The van der Waals surface area contributed by atoms with Crippen molar-refractivity contribution < 1.29 is 0 Å². The van der Waals surface area contributed by atoms with Crippen molar-refractivity contribution in [1.29, 1.82) is 0 Å². The van der Waals surface area contributed by atoms with E-state index in [0.717, 1.165) is 111 Å². The van der Waals surface area contributed by atoms with Gasteiger partial charge >= 0.3 is 0 Å². The van der Waals surface area contributed by atoms with Crippen LogP contribution in [0.15, 0.2) is 237 Å². The van der Waals surface area contributed by atoms with E-state index in [-0.39, 0.29) is 0 Å². The molecule has 652 valence electrons. The zero-order valence-corrected chi connectivity index (χ0v) is 83.1. The molecule has 4 heterocycles. The lowest BCUT2D eigenvalue weighted by molar-refractivity contribution is 0.369. The van der Waals surface area contributed by atoms with Crippen LogP contribution in [-0.2, 0) is 57.8 Å². The highest BCUT2D eigenvalue weighted by Crippen LogP contribution is 2.29. The second kappa shape index (κ2) is 58.6. The number of para-hydroxylation sites is 3. The Balaban J connectivity index is 0.000000283. The van der Waals surface area contributed by atoms with E-state index in [9.17, 15) is 0 Å². The monoisotopic (exact) mass is 1800 g/mol. The SMILES string of the molecule is CC(C)CCN(C)C.CC(C)Cc1cc(Cl)ccc1Cl.CC(C)Cc1ccc(Cl)c(Cl)c1.CC(C)Cc1ccc(Cl)cc1Cl.CC(C)Cc1ccc2ccccc2n1.CC(C)Cc1cccc(Cl)c1.CC(C)Cc1cccc2cccnc12.CC(C)Cc1ccccc1Cl.CC(C)Cc1nc2ccccc2s1.CC(C)Cc1nccc2ccccc12. The maximum absolute atomic E-state index is 5.99. The van der Waals surface area contributed by atoms with Gasteiger partial charge in [-0.3, -0.25) is 15.0 Å². The first-order chi connectivity index (χ1) is 57.3. The third-order valence-corrected chi connectivity index (χ3v) is 21.7. The minimum absolute atomic E-state index is 0.612. The lowest BCUT2D eigenvalue weighted by atomic mass is 10.0. The minimum atomic E-state index is 0.612. The van der Waals surface area contributed by atoms with E-state index in [0.29, 0.717) is 68.3 Å². The number of pyridine rings is 3. The van der Waals surface area contributed by atoms with Crippen LogP contribution in [0.2, 0.25) is 40.2 Å². The van der Waals surface area contributed by atoms with Gasteiger partial charge in [-0.05, 0) is 273 Å². The Morgan fingerprint density at radius 1 is 0.298 bits per heavy atom. The largest absolute Gasteiger partial charge is 0.309 e. The maximum atomic E-state index is 5.99. The summed E-state index contributed by atoms with van der Waals surface area (Å²) >= 11 is 48.8. The quantitative estimate of drug-likeness (QED) is 0.0718. The molecule has 13 rings (SSSR count). The number of rotatable bonds is 21. The van der Waals surface area contributed by atoms with Gasteiger partial charge in [0.05, 0.1) is 36.3 Å². The number of hydrogen-bond donors (Lipinski definition) is 0. The number of aromatic nitrogens is 4. The molecule has 0 fully saturated rings. The van der Waals surface area contributed by atoms with Crippen molar-refractivity contribution in [3.8, 4) is 0 Å². The van der Waals surface area contributed by atoms with E-state index < -0.39 is 0 Å². The van der Waals surface area contributed by atoms with Crippen molar-refractivity contribution in [1.82, 2.24) is 24.8 Å². The van der Waals surface area contributed by atoms with Gasteiger partial charge in [0.25, 0.3) is 0 Å². The van der Waals surface area contributed by atoms with Crippen molar-refractivity contribution in [3.63, 3.8) is 0 Å². The fourth-order valence-electron chi connectivity index (χ4n) is 12.7. The number of thiazole rings is 1. The highest BCUT2D eigenvalue weighted by molar-refractivity contribution is 7.18. The fourth-order valence-corrected chi connectivity index (χ4v) is 15.5. The van der Waals surface area contributed by atoms with Crippen LogP contribution in [-0.4, -0.2) is 45.5 Å². The summed E-state index contributed by atoms with van der Waals surface area (Å²) in [6.07, 6.45) is 14.6. The second-order valence-corrected chi connectivity index (χ2v) is 39.8. The fraction of sp³-hybridized carbons (Fsp3) is 0.402. The van der Waals surface area contributed by atoms with Crippen LogP contribution in [0.4, 0.5) is 0 Å². The molecule has 0 aliphatic carbocycles. The van der Waals surface area contributed by atoms with Crippen LogP contribution in [0.3, 0.4) is 0 Å². The zero-order chi connectivity index (χ0) is 89.7. The normalized spacial score (nSPS) is 10.9. The van der Waals surface area contributed by atoms with Crippen LogP contribution >= 0.6 is 104 Å². The summed E-state index contributed by atoms with van der Waals surface area (Å²) < 4.78 is 1.30. The Kier molecular flexibility index (Phi) is 51.6. The van der Waals surface area contributed by atoms with Gasteiger partial charge in [-0.1, -0.05) is 359 Å². The Morgan fingerprint density at radius 3 is 1.36 bits per heavy atom. The molecule has 0 radical (unpaired) electrons. The van der Waals surface area contributed by atoms with E-state index in [1.54, 1.807) is 6.07 Å². The summed E-state index contributed by atoms with van der Waals surface area (Å²) in [5, 5.41) is 12.4. The summed E-state index contributed by atoms with van der Waals surface area (Å²) in [6.45, 7) is 45.4. The summed E-state index contributed by atoms with van der Waals surface area (Å²) in [6, 6.07) is 75.0. The van der Waals surface area contributed by atoms with Crippen molar-refractivity contribution in [3.05, 3.63) is 327 Å². The molecule has 14 heteroatoms. The Morgan fingerprint density at radius 2 is 0.785 bits per heavy atom. The topological polar surface area (TPSA) is 54.8 Å². The maximum Gasteiger partial charge on any atom is 0.0941 e.